The minimum Gasteiger partial charge on any atom is -0.463 e. The van der Waals surface area contributed by atoms with E-state index in [0.29, 0.717) is 6.61 Å². The second-order valence-corrected chi connectivity index (χ2v) is 17.8. The number of rotatable bonds is 17. The van der Waals surface area contributed by atoms with Crippen molar-refractivity contribution in [3.8, 4) is 0 Å². The van der Waals surface area contributed by atoms with Gasteiger partial charge in [-0.3, -0.25) is 0 Å². The van der Waals surface area contributed by atoms with Crippen LogP contribution in [-0.4, -0.2) is 19.3 Å². The van der Waals surface area contributed by atoms with Gasteiger partial charge in [-0.25, -0.2) is 4.79 Å². The third-order valence-electron chi connectivity index (χ3n) is 4.33. The van der Waals surface area contributed by atoms with Gasteiger partial charge in [-0.1, -0.05) is 96.7 Å². The van der Waals surface area contributed by atoms with Crippen LogP contribution in [0, 0.1) is 0 Å². The molecule has 0 radical (unpaired) electrons. The Kier molecular flexibility index (Phi) is 16.3. The van der Waals surface area contributed by atoms with Crippen molar-refractivity contribution >= 4 is 28.0 Å². The van der Waals surface area contributed by atoms with E-state index in [-0.39, 0.29) is 5.97 Å². The van der Waals surface area contributed by atoms with E-state index in [2.05, 4.69) is 35.0 Å². The van der Waals surface area contributed by atoms with Crippen LogP contribution in [0.2, 0.25) is 19.1 Å². The standard InChI is InChI=1S/C20H39BrO2Si/c1-4-20(22)23-18-16-14-12-10-8-6-5-7-9-11-13-15-17-19-24(2,3)21/h4H,1,5-19H2,2-3H3. The van der Waals surface area contributed by atoms with Crippen LogP contribution in [0.15, 0.2) is 12.7 Å². The first kappa shape index (κ1) is 23.9. The van der Waals surface area contributed by atoms with Crippen LogP contribution in [-0.2, 0) is 9.53 Å². The highest BCUT2D eigenvalue weighted by atomic mass is 79.9. The molecule has 0 atom stereocenters. The van der Waals surface area contributed by atoms with Gasteiger partial charge in [0, 0.05) is 6.08 Å². The zero-order valence-corrected chi connectivity index (χ0v) is 18.7. The Labute approximate surface area is 159 Å². The van der Waals surface area contributed by atoms with E-state index in [1.165, 1.54) is 89.2 Å². The molecule has 24 heavy (non-hydrogen) atoms. The fraction of sp³-hybridized carbons (Fsp3) is 0.850. The predicted octanol–water partition coefficient (Wildman–Crippen LogP) is 7.39. The molecule has 0 aliphatic heterocycles. The largest absolute Gasteiger partial charge is 0.463 e. The molecular weight excluding hydrogens is 380 g/mol. The Bertz CT molecular complexity index is 313. The van der Waals surface area contributed by atoms with Gasteiger partial charge < -0.3 is 4.74 Å². The zero-order chi connectivity index (χ0) is 18.1. The molecule has 0 aliphatic carbocycles. The van der Waals surface area contributed by atoms with Crippen molar-refractivity contribution in [2.45, 2.75) is 103 Å². The first-order valence-electron chi connectivity index (χ1n) is 9.94. The summed E-state index contributed by atoms with van der Waals surface area (Å²) in [4.78, 5) is 10.8. The normalized spacial score (nSPS) is 11.5. The summed E-state index contributed by atoms with van der Waals surface area (Å²) in [7, 11) is 0. The number of esters is 1. The minimum atomic E-state index is -0.983. The van der Waals surface area contributed by atoms with Crippen LogP contribution in [0.3, 0.4) is 0 Å². The van der Waals surface area contributed by atoms with Gasteiger partial charge in [0.1, 0.15) is 6.69 Å². The molecule has 0 aromatic rings. The summed E-state index contributed by atoms with van der Waals surface area (Å²) in [6.45, 7) is 7.73. The van der Waals surface area contributed by atoms with E-state index in [0.717, 1.165) is 6.42 Å². The van der Waals surface area contributed by atoms with E-state index in [1.807, 2.05) is 0 Å². The van der Waals surface area contributed by atoms with Crippen LogP contribution < -0.4 is 0 Å². The lowest BCUT2D eigenvalue weighted by molar-refractivity contribution is -0.137. The van der Waals surface area contributed by atoms with Gasteiger partial charge in [0.15, 0.2) is 0 Å². The first-order valence-corrected chi connectivity index (χ1v) is 15.4. The molecule has 0 saturated heterocycles. The van der Waals surface area contributed by atoms with Crippen molar-refractivity contribution < 1.29 is 9.53 Å². The molecule has 2 nitrogen and oxygen atoms in total. The molecule has 0 aromatic heterocycles. The second kappa shape index (κ2) is 16.4. The molecule has 0 amide bonds. The highest BCUT2D eigenvalue weighted by molar-refractivity contribution is 9.26. The van der Waals surface area contributed by atoms with E-state index < -0.39 is 6.69 Å². The van der Waals surface area contributed by atoms with Gasteiger partial charge in [0.2, 0.25) is 0 Å². The van der Waals surface area contributed by atoms with Crippen molar-refractivity contribution in [2.24, 2.45) is 0 Å². The summed E-state index contributed by atoms with van der Waals surface area (Å²) >= 11 is 3.84. The number of hydrogen-bond acceptors (Lipinski definition) is 2. The van der Waals surface area contributed by atoms with Crippen molar-refractivity contribution in [1.82, 2.24) is 0 Å². The summed E-state index contributed by atoms with van der Waals surface area (Å²) in [5.74, 6) is -0.302. The van der Waals surface area contributed by atoms with Gasteiger partial charge in [-0.15, -0.1) is 15.3 Å². The Morgan fingerprint density at radius 3 is 1.58 bits per heavy atom. The first-order chi connectivity index (χ1) is 11.5. The lowest BCUT2D eigenvalue weighted by Crippen LogP contribution is -2.13. The molecule has 0 N–H and O–H groups in total. The summed E-state index contributed by atoms with van der Waals surface area (Å²) in [5, 5.41) is 0. The molecule has 0 aromatic carbocycles. The maximum atomic E-state index is 10.8. The number of hydrogen-bond donors (Lipinski definition) is 0. The predicted molar refractivity (Wildman–Crippen MR) is 112 cm³/mol. The highest BCUT2D eigenvalue weighted by Crippen LogP contribution is 2.21. The molecule has 0 aliphatic rings. The molecule has 0 bridgehead atoms. The van der Waals surface area contributed by atoms with Gasteiger partial charge in [0.25, 0.3) is 0 Å². The quantitative estimate of drug-likeness (QED) is 0.0808. The van der Waals surface area contributed by atoms with Crippen LogP contribution >= 0.6 is 15.3 Å². The molecule has 0 rings (SSSR count). The van der Waals surface area contributed by atoms with Crippen molar-refractivity contribution in [2.75, 3.05) is 6.61 Å². The average Bonchev–Trinajstić information content (AvgIpc) is 2.53. The number of carbonyl (C=O) groups is 1. The van der Waals surface area contributed by atoms with Crippen LogP contribution in [0.1, 0.15) is 83.5 Å². The number of ether oxygens (including phenoxy) is 1. The SMILES string of the molecule is C=CC(=O)OCCCCCCCCCCCCCCC[Si](C)(C)Br. The molecule has 142 valence electrons. The topological polar surface area (TPSA) is 26.3 Å². The third-order valence-corrected chi connectivity index (χ3v) is 7.06. The molecule has 0 saturated carbocycles. The van der Waals surface area contributed by atoms with E-state index in [1.54, 1.807) is 0 Å². The highest BCUT2D eigenvalue weighted by Gasteiger charge is 2.14. The minimum absolute atomic E-state index is 0.302. The Hall–Kier alpha value is -0.0931. The molecule has 0 heterocycles. The fourth-order valence-electron chi connectivity index (χ4n) is 2.82. The van der Waals surface area contributed by atoms with Gasteiger partial charge in [-0.2, -0.15) is 0 Å². The van der Waals surface area contributed by atoms with Gasteiger partial charge in [-0.05, 0) is 12.5 Å². The van der Waals surface area contributed by atoms with E-state index in [4.69, 9.17) is 4.74 Å². The van der Waals surface area contributed by atoms with E-state index in [9.17, 15) is 4.79 Å². The van der Waals surface area contributed by atoms with Gasteiger partial charge in [0.05, 0.1) is 6.61 Å². The summed E-state index contributed by atoms with van der Waals surface area (Å²) < 4.78 is 4.96. The lowest BCUT2D eigenvalue weighted by atomic mass is 10.0. The lowest BCUT2D eigenvalue weighted by Gasteiger charge is -2.12. The Morgan fingerprint density at radius 2 is 1.21 bits per heavy atom. The molecule has 4 heteroatoms. The number of carbonyl (C=O) groups excluding carboxylic acids is 1. The number of halogens is 1. The number of unbranched alkanes of at least 4 members (excludes halogenated alkanes) is 12. The summed E-state index contributed by atoms with van der Waals surface area (Å²) in [5.41, 5.74) is 0. The smallest absolute Gasteiger partial charge is 0.330 e. The van der Waals surface area contributed by atoms with Crippen molar-refractivity contribution in [3.05, 3.63) is 12.7 Å². The summed E-state index contributed by atoms with van der Waals surface area (Å²) in [6, 6.07) is 1.42. The average molecular weight is 420 g/mol. The maximum Gasteiger partial charge on any atom is 0.330 e. The molecular formula is C20H39BrO2Si. The third kappa shape index (κ3) is 20.0. The second-order valence-electron chi connectivity index (χ2n) is 7.44. The maximum absolute atomic E-state index is 10.8. The van der Waals surface area contributed by atoms with Crippen LogP contribution in [0.25, 0.3) is 0 Å². The fourth-order valence-corrected chi connectivity index (χ4v) is 4.76. The van der Waals surface area contributed by atoms with E-state index >= 15 is 0 Å². The van der Waals surface area contributed by atoms with Crippen LogP contribution in [0.4, 0.5) is 0 Å². The van der Waals surface area contributed by atoms with Gasteiger partial charge >= 0.3 is 5.97 Å². The van der Waals surface area contributed by atoms with Crippen molar-refractivity contribution in [3.63, 3.8) is 0 Å². The monoisotopic (exact) mass is 418 g/mol. The Morgan fingerprint density at radius 1 is 0.833 bits per heavy atom. The summed E-state index contributed by atoms with van der Waals surface area (Å²) in [6.07, 6.45) is 18.6. The Balaban J connectivity index is 3.08. The molecule has 0 unspecified atom stereocenters. The van der Waals surface area contributed by atoms with Crippen molar-refractivity contribution in [1.29, 1.82) is 0 Å². The van der Waals surface area contributed by atoms with Crippen LogP contribution in [0.5, 0.6) is 0 Å². The molecule has 0 fully saturated rings. The molecule has 0 spiro atoms. The zero-order valence-electron chi connectivity index (χ0n) is 16.1.